The molecule has 0 spiro atoms. The third-order valence-electron chi connectivity index (χ3n) is 4.85. The first-order valence-electron chi connectivity index (χ1n) is 8.95. The molecule has 1 nitrogen and oxygen atoms in total. The fourth-order valence-corrected chi connectivity index (χ4v) is 15.7. The van der Waals surface area contributed by atoms with Crippen molar-refractivity contribution in [1.29, 1.82) is 0 Å². The maximum absolute atomic E-state index is 3.20. The van der Waals surface area contributed by atoms with Crippen LogP contribution in [0.2, 0.25) is 0 Å². The summed E-state index contributed by atoms with van der Waals surface area (Å²) in [6.07, 6.45) is 0. The Morgan fingerprint density at radius 2 is 0.704 bits per heavy atom. The second-order valence-corrected chi connectivity index (χ2v) is 16.2. The molecule has 0 aliphatic rings. The van der Waals surface area contributed by atoms with Crippen molar-refractivity contribution in [3.63, 3.8) is 0 Å². The number of benzene rings is 4. The smallest absolute Gasteiger partial charge is 0.412 e. The van der Waals surface area contributed by atoms with E-state index in [-0.39, 0.29) is 5.48 Å². The Morgan fingerprint density at radius 3 is 1.04 bits per heavy atom. The molecule has 0 amide bonds. The van der Waals surface area contributed by atoms with E-state index < -0.39 is 18.8 Å². The standard InChI is InChI=1S/C7H7.3C6H5.H2O.Sb/c1-7-5-3-2-4-6-7;3*1-2-4-6-5-3-1;;/h3-6H,1H3;3*1-5H;1H2;. The van der Waals surface area contributed by atoms with E-state index in [0.717, 1.165) is 0 Å². The zero-order valence-corrected chi connectivity index (χ0v) is 18.0. The van der Waals surface area contributed by atoms with Crippen LogP contribution in [0, 0.1) is 6.92 Å². The molecule has 4 rings (SSSR count). The van der Waals surface area contributed by atoms with Crippen LogP contribution in [0.1, 0.15) is 5.56 Å². The van der Waals surface area contributed by atoms with Crippen molar-refractivity contribution in [2.45, 2.75) is 6.92 Å². The number of hydrogen-bond donors (Lipinski definition) is 0. The summed E-state index contributed by atoms with van der Waals surface area (Å²) in [5.74, 6) is 0. The molecule has 0 fully saturated rings. The fraction of sp³-hybridized carbons (Fsp3) is 0.0400. The Kier molecular flexibility index (Phi) is 6.16. The molecule has 135 valence electrons. The van der Waals surface area contributed by atoms with Gasteiger partial charge in [-0.25, -0.2) is 0 Å². The summed E-state index contributed by atoms with van der Waals surface area (Å²) >= 11 is -3.20. The molecule has 4 aromatic carbocycles. The largest absolute Gasteiger partial charge is 0.412 e. The zero-order chi connectivity index (χ0) is 17.8. The predicted octanol–water partition coefficient (Wildman–Crippen LogP) is 2.55. The molecule has 2 heteroatoms. The Labute approximate surface area is 165 Å². The number of aryl methyl sites for hydroxylation is 1. The molecule has 0 saturated heterocycles. The average molecular weight is 462 g/mol. The zero-order valence-electron chi connectivity index (χ0n) is 15.4. The van der Waals surface area contributed by atoms with Crippen LogP contribution in [0.4, 0.5) is 0 Å². The second-order valence-electron chi connectivity index (χ2n) is 6.51. The number of hydrogen-bond acceptors (Lipinski definition) is 0. The summed E-state index contributed by atoms with van der Waals surface area (Å²) in [5.41, 5.74) is 1.31. The molecule has 0 unspecified atom stereocenters. The van der Waals surface area contributed by atoms with Crippen LogP contribution in [0.15, 0.2) is 115 Å². The van der Waals surface area contributed by atoms with Gasteiger partial charge in [0.05, 0.1) is 0 Å². The summed E-state index contributed by atoms with van der Waals surface area (Å²) in [6.45, 7) is 2.16. The summed E-state index contributed by atoms with van der Waals surface area (Å²) in [5, 5.41) is 0. The van der Waals surface area contributed by atoms with Gasteiger partial charge in [-0.1, -0.05) is 0 Å². The SMILES string of the molecule is Cc1cc[c]([Sb]([c]2ccccc2)([c]2ccccc2)[c]2ccccc2)cc1.O. The quantitative estimate of drug-likeness (QED) is 0.418. The minimum absolute atomic E-state index is 0. The normalized spacial score (nSPS) is 10.9. The van der Waals surface area contributed by atoms with Crippen LogP contribution < -0.4 is 14.0 Å². The predicted molar refractivity (Wildman–Crippen MR) is 118 cm³/mol. The molecular weight excluding hydrogens is 438 g/mol. The maximum Gasteiger partial charge on any atom is -0.412 e. The fourth-order valence-electron chi connectivity index (χ4n) is 3.62. The van der Waals surface area contributed by atoms with Gasteiger partial charge >= 0.3 is 161 Å². The monoisotopic (exact) mass is 461 g/mol. The van der Waals surface area contributed by atoms with Crippen molar-refractivity contribution in [2.75, 3.05) is 0 Å². The van der Waals surface area contributed by atoms with E-state index in [1.54, 1.807) is 0 Å². The molecule has 0 atom stereocenters. The second kappa shape index (κ2) is 8.56. The molecule has 0 aliphatic heterocycles. The Hall–Kier alpha value is -2.34. The third-order valence-corrected chi connectivity index (χ3v) is 17.1. The van der Waals surface area contributed by atoms with Crippen molar-refractivity contribution < 1.29 is 5.48 Å². The van der Waals surface area contributed by atoms with Crippen LogP contribution in [-0.4, -0.2) is 24.3 Å². The van der Waals surface area contributed by atoms with E-state index in [1.807, 2.05) is 0 Å². The average Bonchev–Trinajstić information content (AvgIpc) is 2.72. The van der Waals surface area contributed by atoms with Crippen molar-refractivity contribution in [2.24, 2.45) is 0 Å². The van der Waals surface area contributed by atoms with Gasteiger partial charge in [-0.3, -0.25) is 0 Å². The van der Waals surface area contributed by atoms with Gasteiger partial charge in [0, 0.05) is 0 Å². The summed E-state index contributed by atoms with van der Waals surface area (Å²) in [6, 6.07) is 42.6. The molecule has 0 heterocycles. The van der Waals surface area contributed by atoms with E-state index in [0.29, 0.717) is 0 Å². The summed E-state index contributed by atoms with van der Waals surface area (Å²) < 4.78 is 5.92. The Bertz CT molecular complexity index is 868. The first-order chi connectivity index (χ1) is 12.8. The minimum atomic E-state index is -3.20. The van der Waals surface area contributed by atoms with Crippen molar-refractivity contribution in [1.82, 2.24) is 0 Å². The van der Waals surface area contributed by atoms with Crippen LogP contribution in [0.5, 0.6) is 0 Å². The summed E-state index contributed by atoms with van der Waals surface area (Å²) in [4.78, 5) is 0. The van der Waals surface area contributed by atoms with Crippen molar-refractivity contribution in [3.8, 4) is 0 Å². The molecule has 0 aliphatic carbocycles. The maximum atomic E-state index is 2.36. The van der Waals surface area contributed by atoms with Gasteiger partial charge in [0.1, 0.15) is 0 Å². The van der Waals surface area contributed by atoms with Crippen LogP contribution in [-0.2, 0) is 0 Å². The van der Waals surface area contributed by atoms with Gasteiger partial charge in [-0.05, 0) is 0 Å². The van der Waals surface area contributed by atoms with Gasteiger partial charge in [-0.15, -0.1) is 0 Å². The van der Waals surface area contributed by atoms with Crippen LogP contribution in [0.3, 0.4) is 0 Å². The van der Waals surface area contributed by atoms with Gasteiger partial charge < -0.3 is 5.48 Å². The molecule has 27 heavy (non-hydrogen) atoms. The Balaban J connectivity index is 0.00000210. The van der Waals surface area contributed by atoms with E-state index in [9.17, 15) is 0 Å². The molecule has 1 radical (unpaired) electrons. The number of rotatable bonds is 4. The van der Waals surface area contributed by atoms with E-state index in [1.165, 1.54) is 19.6 Å². The van der Waals surface area contributed by atoms with Crippen LogP contribution in [0.25, 0.3) is 0 Å². The van der Waals surface area contributed by atoms with Crippen molar-refractivity contribution in [3.05, 3.63) is 121 Å². The van der Waals surface area contributed by atoms with Crippen molar-refractivity contribution >= 4 is 32.8 Å². The van der Waals surface area contributed by atoms with E-state index in [4.69, 9.17) is 0 Å². The first kappa shape index (κ1) is 19.4. The molecule has 2 N–H and O–H groups in total. The minimum Gasteiger partial charge on any atom is -0.412 e. The molecule has 0 aromatic heterocycles. The van der Waals surface area contributed by atoms with E-state index in [2.05, 4.69) is 122 Å². The van der Waals surface area contributed by atoms with E-state index >= 15 is 0 Å². The summed E-state index contributed by atoms with van der Waals surface area (Å²) in [7, 11) is 0. The van der Waals surface area contributed by atoms with Gasteiger partial charge in [0.15, 0.2) is 0 Å². The molecular formula is C25H24OSb. The molecule has 0 bridgehead atoms. The molecule has 4 aromatic rings. The van der Waals surface area contributed by atoms with Gasteiger partial charge in [0.25, 0.3) is 0 Å². The third kappa shape index (κ3) is 3.58. The topological polar surface area (TPSA) is 31.5 Å². The van der Waals surface area contributed by atoms with Gasteiger partial charge in [-0.2, -0.15) is 0 Å². The van der Waals surface area contributed by atoms with Gasteiger partial charge in [0.2, 0.25) is 0 Å². The Morgan fingerprint density at radius 1 is 0.407 bits per heavy atom. The first-order valence-corrected chi connectivity index (χ1v) is 14.1. The van der Waals surface area contributed by atoms with Crippen LogP contribution >= 0.6 is 0 Å². The molecule has 0 saturated carbocycles.